The molecule has 2 amide bonds. The summed E-state index contributed by atoms with van der Waals surface area (Å²) >= 11 is 7.40. The quantitative estimate of drug-likeness (QED) is 0.818. The third-order valence-electron chi connectivity index (χ3n) is 4.12. The second-order valence-corrected chi connectivity index (χ2v) is 7.72. The van der Waals surface area contributed by atoms with Gasteiger partial charge in [-0.2, -0.15) is 0 Å². The van der Waals surface area contributed by atoms with Crippen molar-refractivity contribution in [2.24, 2.45) is 0 Å². The summed E-state index contributed by atoms with van der Waals surface area (Å²) in [5.41, 5.74) is 1.48. The Hall–Kier alpha value is -1.85. The topological polar surface area (TPSA) is 40.6 Å². The molecule has 2 aromatic rings. The summed E-state index contributed by atoms with van der Waals surface area (Å²) in [5.74, 6) is 0.114. The monoisotopic (exact) mass is 362 g/mol. The number of benzene rings is 1. The van der Waals surface area contributed by atoms with Gasteiger partial charge in [0, 0.05) is 36.1 Å². The van der Waals surface area contributed by atoms with E-state index >= 15 is 0 Å². The molecule has 1 aliphatic heterocycles. The van der Waals surface area contributed by atoms with E-state index in [9.17, 15) is 9.59 Å². The first-order chi connectivity index (χ1) is 11.5. The van der Waals surface area contributed by atoms with Crippen LogP contribution >= 0.6 is 22.9 Å². The molecule has 0 saturated carbocycles. The molecule has 1 fully saturated rings. The highest BCUT2D eigenvalue weighted by molar-refractivity contribution is 7.16. The van der Waals surface area contributed by atoms with E-state index in [1.54, 1.807) is 29.0 Å². The fourth-order valence-electron chi connectivity index (χ4n) is 2.83. The van der Waals surface area contributed by atoms with Crippen molar-refractivity contribution in [3.63, 3.8) is 0 Å². The Bertz CT molecular complexity index is 742. The zero-order chi connectivity index (χ0) is 17.1. The Morgan fingerprint density at radius 3 is 2.58 bits per heavy atom. The molecule has 0 aliphatic carbocycles. The molecule has 0 bridgehead atoms. The fourth-order valence-corrected chi connectivity index (χ4v) is 3.97. The van der Waals surface area contributed by atoms with Crippen molar-refractivity contribution in [2.45, 2.75) is 25.8 Å². The predicted molar refractivity (Wildman–Crippen MR) is 97.8 cm³/mol. The molecule has 1 aromatic heterocycles. The lowest BCUT2D eigenvalue weighted by Crippen LogP contribution is -2.35. The van der Waals surface area contributed by atoms with Gasteiger partial charge in [0.1, 0.15) is 0 Å². The van der Waals surface area contributed by atoms with E-state index in [-0.39, 0.29) is 11.8 Å². The molecule has 1 aromatic carbocycles. The normalized spacial score (nSPS) is 14.8. The molecule has 0 unspecified atom stereocenters. The number of carbonyl (C=O) groups is 2. The second kappa shape index (κ2) is 7.36. The summed E-state index contributed by atoms with van der Waals surface area (Å²) in [6, 6.07) is 11.1. The smallest absolute Gasteiger partial charge is 0.253 e. The summed E-state index contributed by atoms with van der Waals surface area (Å²) in [4.78, 5) is 29.0. The summed E-state index contributed by atoms with van der Waals surface area (Å²) in [5, 5.41) is 0. The molecular formula is C18H19ClN2O2S. The van der Waals surface area contributed by atoms with E-state index in [2.05, 4.69) is 0 Å². The number of anilines is 1. The highest BCUT2D eigenvalue weighted by atomic mass is 35.5. The van der Waals surface area contributed by atoms with Crippen molar-refractivity contribution in [1.82, 2.24) is 4.90 Å². The Kier molecular flexibility index (Phi) is 5.21. The lowest BCUT2D eigenvalue weighted by atomic mass is 10.1. The molecule has 3 rings (SSSR count). The minimum absolute atomic E-state index is 0.0453. The first-order valence-electron chi connectivity index (χ1n) is 7.95. The predicted octanol–water partition coefficient (Wildman–Crippen LogP) is 4.19. The van der Waals surface area contributed by atoms with Gasteiger partial charge in [-0.3, -0.25) is 9.59 Å². The molecule has 0 atom stereocenters. The van der Waals surface area contributed by atoms with Crippen molar-refractivity contribution in [2.75, 3.05) is 18.5 Å². The molecular weight excluding hydrogens is 344 g/mol. The zero-order valence-corrected chi connectivity index (χ0v) is 15.1. The minimum Gasteiger partial charge on any atom is -0.337 e. The number of nitrogens with zero attached hydrogens (tertiary/aromatic N) is 2. The van der Waals surface area contributed by atoms with Gasteiger partial charge in [-0.25, -0.2) is 0 Å². The van der Waals surface area contributed by atoms with Gasteiger partial charge in [0.2, 0.25) is 5.91 Å². The van der Waals surface area contributed by atoms with Crippen LogP contribution in [0.25, 0.3) is 0 Å². The number of hydrogen-bond donors (Lipinski definition) is 0. The van der Waals surface area contributed by atoms with E-state index < -0.39 is 0 Å². The van der Waals surface area contributed by atoms with Crippen LogP contribution in [0.2, 0.25) is 4.34 Å². The summed E-state index contributed by atoms with van der Waals surface area (Å²) in [6.07, 6.45) is 2.59. The maximum absolute atomic E-state index is 12.5. The van der Waals surface area contributed by atoms with E-state index in [0.29, 0.717) is 18.5 Å². The maximum Gasteiger partial charge on any atom is 0.253 e. The number of hydrogen-bond acceptors (Lipinski definition) is 3. The average Bonchev–Trinajstić information content (AvgIpc) is 2.99. The molecule has 2 heterocycles. The van der Waals surface area contributed by atoms with Crippen LogP contribution in [-0.4, -0.2) is 30.3 Å². The van der Waals surface area contributed by atoms with Crippen LogP contribution in [0.4, 0.5) is 5.69 Å². The SMILES string of the molecule is CN(Cc1ccc(Cl)s1)C(=O)c1ccc(N2CCCCC2=O)cc1. The van der Waals surface area contributed by atoms with Crippen LogP contribution in [0.15, 0.2) is 36.4 Å². The third kappa shape index (κ3) is 3.79. The number of rotatable bonds is 4. The molecule has 6 heteroatoms. The van der Waals surface area contributed by atoms with Crippen molar-refractivity contribution < 1.29 is 9.59 Å². The van der Waals surface area contributed by atoms with Gasteiger partial charge >= 0.3 is 0 Å². The molecule has 24 heavy (non-hydrogen) atoms. The molecule has 1 aliphatic rings. The number of piperidine rings is 1. The van der Waals surface area contributed by atoms with Gasteiger partial charge < -0.3 is 9.80 Å². The van der Waals surface area contributed by atoms with Gasteiger partial charge in [0.05, 0.1) is 10.9 Å². The van der Waals surface area contributed by atoms with E-state index in [0.717, 1.165) is 34.3 Å². The number of thiophene rings is 1. The third-order valence-corrected chi connectivity index (χ3v) is 5.33. The number of halogens is 1. The number of amides is 2. The van der Waals surface area contributed by atoms with Crippen LogP contribution in [0.1, 0.15) is 34.5 Å². The lowest BCUT2D eigenvalue weighted by molar-refractivity contribution is -0.119. The minimum atomic E-state index is -0.0453. The Balaban J connectivity index is 1.68. The molecule has 0 spiro atoms. The van der Waals surface area contributed by atoms with E-state index in [1.807, 2.05) is 24.3 Å². The van der Waals surface area contributed by atoms with E-state index in [1.165, 1.54) is 11.3 Å². The molecule has 0 radical (unpaired) electrons. The van der Waals surface area contributed by atoms with Gasteiger partial charge in [0.25, 0.3) is 5.91 Å². The Labute approximate surface area is 150 Å². The second-order valence-electron chi connectivity index (χ2n) is 5.92. The lowest BCUT2D eigenvalue weighted by Gasteiger charge is -2.27. The maximum atomic E-state index is 12.5. The fraction of sp³-hybridized carbons (Fsp3) is 0.333. The van der Waals surface area contributed by atoms with Crippen LogP contribution in [0.3, 0.4) is 0 Å². The first kappa shape index (κ1) is 17.0. The molecule has 126 valence electrons. The molecule has 0 N–H and O–H groups in total. The molecule has 1 saturated heterocycles. The van der Waals surface area contributed by atoms with E-state index in [4.69, 9.17) is 11.6 Å². The standard InChI is InChI=1S/C18H19ClN2O2S/c1-20(12-15-9-10-16(19)24-15)18(23)13-5-7-14(8-6-13)21-11-3-2-4-17(21)22/h5-10H,2-4,11-12H2,1H3. The Morgan fingerprint density at radius 2 is 1.96 bits per heavy atom. The summed E-state index contributed by atoms with van der Waals surface area (Å²) in [7, 11) is 1.78. The number of carbonyl (C=O) groups excluding carboxylic acids is 2. The Morgan fingerprint density at radius 1 is 1.21 bits per heavy atom. The van der Waals surface area contributed by atoms with Crippen LogP contribution < -0.4 is 4.90 Å². The van der Waals surface area contributed by atoms with Crippen molar-refractivity contribution in [3.8, 4) is 0 Å². The zero-order valence-electron chi connectivity index (χ0n) is 13.5. The van der Waals surface area contributed by atoms with Gasteiger partial charge in [-0.1, -0.05) is 11.6 Å². The van der Waals surface area contributed by atoms with Crippen molar-refractivity contribution >= 4 is 40.4 Å². The van der Waals surface area contributed by atoms with Crippen molar-refractivity contribution in [3.05, 3.63) is 51.2 Å². The largest absolute Gasteiger partial charge is 0.337 e. The van der Waals surface area contributed by atoms with Crippen LogP contribution in [0, 0.1) is 0 Å². The summed E-state index contributed by atoms with van der Waals surface area (Å²) in [6.45, 7) is 1.29. The van der Waals surface area contributed by atoms with Crippen LogP contribution in [0.5, 0.6) is 0 Å². The first-order valence-corrected chi connectivity index (χ1v) is 9.14. The van der Waals surface area contributed by atoms with Crippen LogP contribution in [-0.2, 0) is 11.3 Å². The highest BCUT2D eigenvalue weighted by Crippen LogP contribution is 2.24. The highest BCUT2D eigenvalue weighted by Gasteiger charge is 2.20. The van der Waals surface area contributed by atoms with Crippen molar-refractivity contribution in [1.29, 1.82) is 0 Å². The average molecular weight is 363 g/mol. The van der Waals surface area contributed by atoms with Gasteiger partial charge in [0.15, 0.2) is 0 Å². The molecule has 4 nitrogen and oxygen atoms in total. The summed E-state index contributed by atoms with van der Waals surface area (Å²) < 4.78 is 0.724. The van der Waals surface area contributed by atoms with Gasteiger partial charge in [-0.05, 0) is 49.2 Å². The van der Waals surface area contributed by atoms with Gasteiger partial charge in [-0.15, -0.1) is 11.3 Å².